The van der Waals surface area contributed by atoms with Crippen molar-refractivity contribution >= 4 is 28.9 Å². The lowest BCUT2D eigenvalue weighted by molar-refractivity contribution is -0.115. The van der Waals surface area contributed by atoms with Gasteiger partial charge in [0.2, 0.25) is 5.91 Å². The van der Waals surface area contributed by atoms with Gasteiger partial charge in [0, 0.05) is 12.1 Å². The van der Waals surface area contributed by atoms with Crippen LogP contribution >= 0.6 is 11.6 Å². The van der Waals surface area contributed by atoms with Crippen molar-refractivity contribution in [3.63, 3.8) is 0 Å². The standard InChI is InChI=1S/C9H11ClN2O/c1-2-9(13)12-6-3-4-8(11)7(10)5-6/h3-5H,2,11H2,1H3,(H,12,13). The number of halogens is 1. The molecule has 0 heterocycles. The number of hydrogen-bond acceptors (Lipinski definition) is 2. The van der Waals surface area contributed by atoms with Gasteiger partial charge in [0.1, 0.15) is 0 Å². The van der Waals surface area contributed by atoms with Crippen molar-refractivity contribution in [2.45, 2.75) is 13.3 Å². The molecule has 3 nitrogen and oxygen atoms in total. The quantitative estimate of drug-likeness (QED) is 0.717. The summed E-state index contributed by atoms with van der Waals surface area (Å²) in [6.07, 6.45) is 0.446. The van der Waals surface area contributed by atoms with Crippen LogP contribution in [0.3, 0.4) is 0 Å². The van der Waals surface area contributed by atoms with Crippen LogP contribution in [0.15, 0.2) is 18.2 Å². The molecule has 70 valence electrons. The Hall–Kier alpha value is -1.22. The third-order valence-corrected chi connectivity index (χ3v) is 1.93. The summed E-state index contributed by atoms with van der Waals surface area (Å²) in [4.78, 5) is 11.0. The fourth-order valence-corrected chi connectivity index (χ4v) is 1.03. The number of nitrogens with one attached hydrogen (secondary N) is 1. The zero-order valence-corrected chi connectivity index (χ0v) is 8.06. The molecule has 0 unspecified atom stereocenters. The van der Waals surface area contributed by atoms with E-state index in [2.05, 4.69) is 5.32 Å². The molecule has 0 bridgehead atoms. The highest BCUT2D eigenvalue weighted by Crippen LogP contribution is 2.22. The fraction of sp³-hybridized carbons (Fsp3) is 0.222. The molecule has 1 amide bonds. The Labute approximate surface area is 81.9 Å². The molecule has 1 rings (SSSR count). The lowest BCUT2D eigenvalue weighted by Crippen LogP contribution is -2.09. The molecule has 0 fully saturated rings. The predicted molar refractivity (Wildman–Crippen MR) is 54.8 cm³/mol. The van der Waals surface area contributed by atoms with Crippen molar-refractivity contribution < 1.29 is 4.79 Å². The van der Waals surface area contributed by atoms with E-state index in [1.807, 2.05) is 0 Å². The number of carbonyl (C=O) groups excluding carboxylic acids is 1. The first-order chi connectivity index (χ1) is 6.13. The summed E-state index contributed by atoms with van der Waals surface area (Å²) >= 11 is 5.76. The highest BCUT2D eigenvalue weighted by Gasteiger charge is 2.01. The summed E-state index contributed by atoms with van der Waals surface area (Å²) in [6.45, 7) is 1.79. The summed E-state index contributed by atoms with van der Waals surface area (Å²) in [6, 6.07) is 5.01. The molecule has 1 aromatic carbocycles. The number of amides is 1. The molecule has 0 aromatic heterocycles. The van der Waals surface area contributed by atoms with E-state index in [1.165, 1.54) is 0 Å². The first kappa shape index (κ1) is 9.86. The minimum absolute atomic E-state index is 0.0409. The largest absolute Gasteiger partial charge is 0.398 e. The lowest BCUT2D eigenvalue weighted by Gasteiger charge is -2.04. The Morgan fingerprint density at radius 1 is 1.62 bits per heavy atom. The summed E-state index contributed by atoms with van der Waals surface area (Å²) in [7, 11) is 0. The van der Waals surface area contributed by atoms with Gasteiger partial charge in [-0.25, -0.2) is 0 Å². The molecule has 0 saturated heterocycles. The van der Waals surface area contributed by atoms with Gasteiger partial charge in [-0.1, -0.05) is 18.5 Å². The van der Waals surface area contributed by atoms with Gasteiger partial charge in [-0.05, 0) is 18.2 Å². The minimum Gasteiger partial charge on any atom is -0.398 e. The number of benzene rings is 1. The Morgan fingerprint density at radius 2 is 2.31 bits per heavy atom. The van der Waals surface area contributed by atoms with Crippen LogP contribution < -0.4 is 11.1 Å². The molecule has 0 saturated carbocycles. The van der Waals surface area contributed by atoms with E-state index >= 15 is 0 Å². The average molecular weight is 199 g/mol. The second-order valence-corrected chi connectivity index (χ2v) is 3.05. The van der Waals surface area contributed by atoms with Crippen molar-refractivity contribution in [2.75, 3.05) is 11.1 Å². The second-order valence-electron chi connectivity index (χ2n) is 2.64. The molecule has 13 heavy (non-hydrogen) atoms. The van der Waals surface area contributed by atoms with Gasteiger partial charge >= 0.3 is 0 Å². The highest BCUT2D eigenvalue weighted by atomic mass is 35.5. The molecule has 0 spiro atoms. The molecule has 3 N–H and O–H groups in total. The van der Waals surface area contributed by atoms with Crippen LogP contribution in [0.4, 0.5) is 11.4 Å². The van der Waals surface area contributed by atoms with Crippen LogP contribution in [0.1, 0.15) is 13.3 Å². The number of carbonyl (C=O) groups is 1. The number of nitrogen functional groups attached to an aromatic ring is 1. The Balaban J connectivity index is 2.79. The Morgan fingerprint density at radius 3 is 2.85 bits per heavy atom. The van der Waals surface area contributed by atoms with Gasteiger partial charge in [-0.2, -0.15) is 0 Å². The number of hydrogen-bond donors (Lipinski definition) is 2. The van der Waals surface area contributed by atoms with Gasteiger partial charge in [0.05, 0.1) is 10.7 Å². The molecule has 4 heteroatoms. The van der Waals surface area contributed by atoms with Crippen molar-refractivity contribution in [3.8, 4) is 0 Å². The van der Waals surface area contributed by atoms with E-state index in [0.29, 0.717) is 22.8 Å². The number of nitrogens with two attached hydrogens (primary N) is 1. The fourth-order valence-electron chi connectivity index (χ4n) is 0.854. The topological polar surface area (TPSA) is 55.1 Å². The maximum Gasteiger partial charge on any atom is 0.224 e. The van der Waals surface area contributed by atoms with E-state index in [0.717, 1.165) is 0 Å². The second kappa shape index (κ2) is 4.14. The van der Waals surface area contributed by atoms with Gasteiger partial charge < -0.3 is 11.1 Å². The SMILES string of the molecule is CCC(=O)Nc1ccc(N)c(Cl)c1. The number of anilines is 2. The molecule has 0 aliphatic rings. The van der Waals surface area contributed by atoms with Gasteiger partial charge in [-0.3, -0.25) is 4.79 Å². The normalized spacial score (nSPS) is 9.69. The van der Waals surface area contributed by atoms with E-state index in [4.69, 9.17) is 17.3 Å². The summed E-state index contributed by atoms with van der Waals surface area (Å²) < 4.78 is 0. The Bertz CT molecular complexity index is 325. The van der Waals surface area contributed by atoms with Crippen molar-refractivity contribution in [1.29, 1.82) is 0 Å². The highest BCUT2D eigenvalue weighted by molar-refractivity contribution is 6.33. The van der Waals surface area contributed by atoms with Gasteiger partial charge in [0.15, 0.2) is 0 Å². The third-order valence-electron chi connectivity index (χ3n) is 1.61. The maximum absolute atomic E-state index is 11.0. The van der Waals surface area contributed by atoms with E-state index in [1.54, 1.807) is 25.1 Å². The molecular weight excluding hydrogens is 188 g/mol. The maximum atomic E-state index is 11.0. The minimum atomic E-state index is -0.0409. The molecule has 0 atom stereocenters. The van der Waals surface area contributed by atoms with Crippen LogP contribution in [-0.4, -0.2) is 5.91 Å². The van der Waals surface area contributed by atoms with Gasteiger partial charge in [-0.15, -0.1) is 0 Å². The predicted octanol–water partition coefficient (Wildman–Crippen LogP) is 2.27. The zero-order chi connectivity index (χ0) is 9.84. The van der Waals surface area contributed by atoms with Crippen LogP contribution in [0, 0.1) is 0 Å². The molecule has 0 radical (unpaired) electrons. The first-order valence-corrected chi connectivity index (χ1v) is 4.36. The molecule has 1 aromatic rings. The van der Waals surface area contributed by atoms with E-state index < -0.39 is 0 Å². The zero-order valence-electron chi connectivity index (χ0n) is 7.30. The average Bonchev–Trinajstić information content (AvgIpc) is 2.11. The van der Waals surface area contributed by atoms with Crippen molar-refractivity contribution in [2.24, 2.45) is 0 Å². The van der Waals surface area contributed by atoms with E-state index in [9.17, 15) is 4.79 Å². The van der Waals surface area contributed by atoms with Crippen LogP contribution in [-0.2, 0) is 4.79 Å². The summed E-state index contributed by atoms with van der Waals surface area (Å²) in [5.74, 6) is -0.0409. The van der Waals surface area contributed by atoms with Crippen molar-refractivity contribution in [1.82, 2.24) is 0 Å². The summed E-state index contributed by atoms with van der Waals surface area (Å²) in [5.41, 5.74) is 6.69. The Kier molecular flexibility index (Phi) is 3.14. The van der Waals surface area contributed by atoms with Crippen LogP contribution in [0.2, 0.25) is 5.02 Å². The van der Waals surface area contributed by atoms with Crippen LogP contribution in [0.5, 0.6) is 0 Å². The third kappa shape index (κ3) is 2.63. The first-order valence-electron chi connectivity index (χ1n) is 3.98. The summed E-state index contributed by atoms with van der Waals surface area (Å²) in [5, 5.41) is 3.13. The molecular formula is C9H11ClN2O. The van der Waals surface area contributed by atoms with Crippen LogP contribution in [0.25, 0.3) is 0 Å². The molecule has 0 aliphatic carbocycles. The van der Waals surface area contributed by atoms with Crippen molar-refractivity contribution in [3.05, 3.63) is 23.2 Å². The van der Waals surface area contributed by atoms with Gasteiger partial charge in [0.25, 0.3) is 0 Å². The molecule has 0 aliphatic heterocycles. The monoisotopic (exact) mass is 198 g/mol. The van der Waals surface area contributed by atoms with E-state index in [-0.39, 0.29) is 5.91 Å². The lowest BCUT2D eigenvalue weighted by atomic mass is 10.3. The smallest absolute Gasteiger partial charge is 0.224 e. The number of rotatable bonds is 2.